The van der Waals surface area contributed by atoms with Crippen molar-refractivity contribution in [1.82, 2.24) is 0 Å². The molecule has 0 bridgehead atoms. The molecule has 0 saturated carbocycles. The van der Waals surface area contributed by atoms with E-state index in [2.05, 4.69) is 22.4 Å². The van der Waals surface area contributed by atoms with Crippen LogP contribution in [-0.2, 0) is 4.79 Å². The Labute approximate surface area is 163 Å². The van der Waals surface area contributed by atoms with Gasteiger partial charge in [0.15, 0.2) is 6.54 Å². The second kappa shape index (κ2) is 8.76. The Morgan fingerprint density at radius 2 is 2.04 bits per heavy atom. The molecule has 3 rings (SSSR count). The molecule has 0 spiro atoms. The number of hydrogen-bond acceptors (Lipinski definition) is 4. The number of methoxy groups -OCH3 is 1. The molecule has 2 N–H and O–H groups in total. The van der Waals surface area contributed by atoms with Crippen LogP contribution in [0.15, 0.2) is 42.5 Å². The van der Waals surface area contributed by atoms with Crippen molar-refractivity contribution in [3.63, 3.8) is 0 Å². The van der Waals surface area contributed by atoms with E-state index in [-0.39, 0.29) is 5.91 Å². The lowest BCUT2D eigenvalue weighted by molar-refractivity contribution is -0.892. The third-order valence-corrected chi connectivity index (χ3v) is 4.92. The molecular formula is C20H22ClN4O2+. The molecule has 7 heteroatoms. The predicted molar refractivity (Wildman–Crippen MR) is 106 cm³/mol. The van der Waals surface area contributed by atoms with Gasteiger partial charge in [-0.1, -0.05) is 23.7 Å². The van der Waals surface area contributed by atoms with Crippen LogP contribution in [0, 0.1) is 11.3 Å². The summed E-state index contributed by atoms with van der Waals surface area (Å²) in [6.07, 6.45) is 0. The quantitative estimate of drug-likeness (QED) is 0.819. The minimum absolute atomic E-state index is 0.116. The number of nitrogens with zero attached hydrogens (tertiary/aromatic N) is 2. The highest BCUT2D eigenvalue weighted by Crippen LogP contribution is 2.27. The van der Waals surface area contributed by atoms with E-state index in [1.807, 2.05) is 18.2 Å². The lowest BCUT2D eigenvalue weighted by Gasteiger charge is -2.34. The van der Waals surface area contributed by atoms with Crippen LogP contribution >= 0.6 is 11.6 Å². The summed E-state index contributed by atoms with van der Waals surface area (Å²) in [5, 5.41) is 12.5. The van der Waals surface area contributed by atoms with Gasteiger partial charge in [0, 0.05) is 5.02 Å². The van der Waals surface area contributed by atoms with Crippen LogP contribution in [0.2, 0.25) is 5.02 Å². The van der Waals surface area contributed by atoms with Crippen molar-refractivity contribution >= 4 is 28.9 Å². The number of rotatable bonds is 5. The Kier molecular flexibility index (Phi) is 6.17. The molecule has 2 aromatic rings. The van der Waals surface area contributed by atoms with E-state index in [1.54, 1.807) is 25.3 Å². The van der Waals surface area contributed by atoms with Crippen LogP contribution in [-0.4, -0.2) is 45.7 Å². The molecule has 0 aromatic heterocycles. The Morgan fingerprint density at radius 3 is 2.74 bits per heavy atom. The number of piperazine rings is 1. The topological polar surface area (TPSA) is 69.8 Å². The first-order chi connectivity index (χ1) is 13.1. The summed E-state index contributed by atoms with van der Waals surface area (Å²) in [6.45, 7) is 3.77. The number of amides is 1. The predicted octanol–water partition coefficient (Wildman–Crippen LogP) is 1.56. The third-order valence-electron chi connectivity index (χ3n) is 4.68. The first-order valence-electron chi connectivity index (χ1n) is 8.81. The summed E-state index contributed by atoms with van der Waals surface area (Å²) in [5.41, 5.74) is 1.95. The van der Waals surface area contributed by atoms with Crippen LogP contribution in [0.4, 0.5) is 11.4 Å². The Hall–Kier alpha value is -2.75. The van der Waals surface area contributed by atoms with E-state index in [0.29, 0.717) is 22.8 Å². The van der Waals surface area contributed by atoms with Crippen molar-refractivity contribution in [1.29, 1.82) is 5.26 Å². The molecule has 0 radical (unpaired) electrons. The highest BCUT2D eigenvalue weighted by molar-refractivity contribution is 6.31. The van der Waals surface area contributed by atoms with Crippen molar-refractivity contribution in [3.8, 4) is 11.8 Å². The number of benzene rings is 2. The minimum atomic E-state index is -0.116. The number of hydrogen-bond donors (Lipinski definition) is 2. The number of carbonyl (C=O) groups is 1. The highest BCUT2D eigenvalue weighted by Gasteiger charge is 2.24. The maximum atomic E-state index is 12.4. The van der Waals surface area contributed by atoms with E-state index in [0.717, 1.165) is 37.6 Å². The second-order valence-corrected chi connectivity index (χ2v) is 6.87. The zero-order valence-electron chi connectivity index (χ0n) is 15.2. The van der Waals surface area contributed by atoms with E-state index >= 15 is 0 Å². The van der Waals surface area contributed by atoms with Gasteiger partial charge in [0.25, 0.3) is 5.91 Å². The standard InChI is InChI=1S/C20H21ClN4O2/c1-27-19-5-3-2-4-18(19)25-10-8-24(9-11-25)14-20(26)23-17-12-16(21)7-6-15(17)13-22/h2-7,12H,8-11,14H2,1H3,(H,23,26)/p+1. The molecule has 0 unspecified atom stereocenters. The van der Waals surface area contributed by atoms with Gasteiger partial charge in [0.05, 0.1) is 50.2 Å². The average molecular weight is 386 g/mol. The summed E-state index contributed by atoms with van der Waals surface area (Å²) in [5.74, 6) is 0.748. The van der Waals surface area contributed by atoms with Gasteiger partial charge in [-0.05, 0) is 30.3 Å². The fourth-order valence-corrected chi connectivity index (χ4v) is 3.44. The number of ether oxygens (including phenoxy) is 1. The average Bonchev–Trinajstić information content (AvgIpc) is 2.68. The van der Waals surface area contributed by atoms with Crippen LogP contribution in [0.1, 0.15) is 5.56 Å². The van der Waals surface area contributed by atoms with E-state index in [4.69, 9.17) is 21.6 Å². The van der Waals surface area contributed by atoms with Gasteiger partial charge >= 0.3 is 0 Å². The number of nitriles is 1. The summed E-state index contributed by atoms with van der Waals surface area (Å²) in [7, 11) is 1.68. The number of halogens is 1. The monoisotopic (exact) mass is 385 g/mol. The van der Waals surface area contributed by atoms with Crippen molar-refractivity contribution in [2.24, 2.45) is 0 Å². The molecule has 1 heterocycles. The SMILES string of the molecule is COc1ccccc1N1CC[NH+](CC(=O)Nc2cc(Cl)ccc2C#N)CC1. The smallest absolute Gasteiger partial charge is 0.279 e. The maximum absolute atomic E-state index is 12.4. The van der Waals surface area contributed by atoms with E-state index < -0.39 is 0 Å². The third kappa shape index (κ3) is 4.70. The van der Waals surface area contributed by atoms with E-state index in [9.17, 15) is 4.79 Å². The maximum Gasteiger partial charge on any atom is 0.279 e. The fraction of sp³-hybridized carbons (Fsp3) is 0.300. The molecule has 0 atom stereocenters. The number of carbonyl (C=O) groups excluding carboxylic acids is 1. The van der Waals surface area contributed by atoms with Crippen molar-refractivity contribution in [2.75, 3.05) is 50.1 Å². The van der Waals surface area contributed by atoms with Gasteiger partial charge < -0.3 is 19.9 Å². The second-order valence-electron chi connectivity index (χ2n) is 6.44. The molecule has 140 valence electrons. The lowest BCUT2D eigenvalue weighted by Crippen LogP contribution is -3.15. The molecule has 27 heavy (non-hydrogen) atoms. The zero-order chi connectivity index (χ0) is 19.2. The summed E-state index contributed by atoms with van der Waals surface area (Å²) in [6, 6.07) is 14.9. The minimum Gasteiger partial charge on any atom is -0.495 e. The largest absolute Gasteiger partial charge is 0.495 e. The normalized spacial score (nSPS) is 14.5. The molecule has 1 fully saturated rings. The van der Waals surface area contributed by atoms with Gasteiger partial charge in [-0.15, -0.1) is 0 Å². The number of nitrogens with one attached hydrogen (secondary N) is 2. The Balaban J connectivity index is 1.56. The van der Waals surface area contributed by atoms with Crippen molar-refractivity contribution in [3.05, 3.63) is 53.1 Å². The van der Waals surface area contributed by atoms with Gasteiger partial charge in [0.1, 0.15) is 11.8 Å². The van der Waals surface area contributed by atoms with Crippen molar-refractivity contribution < 1.29 is 14.4 Å². The number of quaternary nitrogens is 1. The molecule has 1 amide bonds. The van der Waals surface area contributed by atoms with E-state index in [1.165, 1.54) is 4.90 Å². The molecular weight excluding hydrogens is 364 g/mol. The number of anilines is 2. The van der Waals surface area contributed by atoms with Crippen LogP contribution in [0.5, 0.6) is 5.75 Å². The Morgan fingerprint density at radius 1 is 1.30 bits per heavy atom. The molecule has 1 aliphatic heterocycles. The Bertz CT molecular complexity index is 857. The summed E-state index contributed by atoms with van der Waals surface area (Å²) < 4.78 is 5.44. The molecule has 2 aromatic carbocycles. The summed E-state index contributed by atoms with van der Waals surface area (Å²) >= 11 is 5.97. The first kappa shape index (κ1) is 19.0. The highest BCUT2D eigenvalue weighted by atomic mass is 35.5. The zero-order valence-corrected chi connectivity index (χ0v) is 15.9. The molecule has 1 aliphatic rings. The van der Waals surface area contributed by atoms with Crippen LogP contribution < -0.4 is 19.9 Å². The van der Waals surface area contributed by atoms with Crippen LogP contribution in [0.25, 0.3) is 0 Å². The number of para-hydroxylation sites is 2. The van der Waals surface area contributed by atoms with Crippen molar-refractivity contribution in [2.45, 2.75) is 0 Å². The van der Waals surface area contributed by atoms with Crippen LogP contribution in [0.3, 0.4) is 0 Å². The molecule has 6 nitrogen and oxygen atoms in total. The first-order valence-corrected chi connectivity index (χ1v) is 9.19. The molecule has 0 aliphatic carbocycles. The van der Waals surface area contributed by atoms with Gasteiger partial charge in [-0.25, -0.2) is 0 Å². The van der Waals surface area contributed by atoms with Gasteiger partial charge in [-0.2, -0.15) is 5.26 Å². The lowest BCUT2D eigenvalue weighted by atomic mass is 10.2. The van der Waals surface area contributed by atoms with Gasteiger partial charge in [0.2, 0.25) is 0 Å². The summed E-state index contributed by atoms with van der Waals surface area (Å²) in [4.78, 5) is 15.9. The molecule has 1 saturated heterocycles. The van der Waals surface area contributed by atoms with Gasteiger partial charge in [-0.3, -0.25) is 4.79 Å². The fourth-order valence-electron chi connectivity index (χ4n) is 3.27.